The molecule has 16 heavy (non-hydrogen) atoms. The summed E-state index contributed by atoms with van der Waals surface area (Å²) in [5.41, 5.74) is 6.46. The minimum Gasteiger partial charge on any atom is -0.494 e. The lowest BCUT2D eigenvalue weighted by Gasteiger charge is -2.12. The van der Waals surface area contributed by atoms with E-state index in [1.165, 1.54) is 7.11 Å². The van der Waals surface area contributed by atoms with E-state index < -0.39 is 0 Å². The second kappa shape index (κ2) is 6.48. The lowest BCUT2D eigenvalue weighted by atomic mass is 9.95. The van der Waals surface area contributed by atoms with Gasteiger partial charge in [-0.2, -0.15) is 0 Å². The highest BCUT2D eigenvalue weighted by Crippen LogP contribution is 2.25. The van der Waals surface area contributed by atoms with Crippen LogP contribution in [0.3, 0.4) is 0 Å². The summed E-state index contributed by atoms with van der Waals surface area (Å²) >= 11 is 0. The molecule has 0 heterocycles. The van der Waals surface area contributed by atoms with E-state index in [0.29, 0.717) is 11.7 Å². The van der Waals surface area contributed by atoms with Crippen molar-refractivity contribution in [2.45, 2.75) is 32.1 Å². The Morgan fingerprint density at radius 2 is 2.12 bits per heavy atom. The second-order valence-corrected chi connectivity index (χ2v) is 4.08. The van der Waals surface area contributed by atoms with Crippen LogP contribution in [0.1, 0.15) is 37.7 Å². The smallest absolute Gasteiger partial charge is 0.165 e. The van der Waals surface area contributed by atoms with Gasteiger partial charge in [-0.1, -0.05) is 19.4 Å². The normalized spacial score (nSPS) is 12.5. The molecule has 0 spiro atoms. The molecule has 0 bridgehead atoms. The highest BCUT2D eigenvalue weighted by atomic mass is 19.1. The van der Waals surface area contributed by atoms with E-state index in [4.69, 9.17) is 10.5 Å². The Kier molecular flexibility index (Phi) is 5.26. The van der Waals surface area contributed by atoms with Crippen LogP contribution in [0.5, 0.6) is 5.75 Å². The van der Waals surface area contributed by atoms with Crippen LogP contribution in [0.2, 0.25) is 0 Å². The highest BCUT2D eigenvalue weighted by molar-refractivity contribution is 5.30. The van der Waals surface area contributed by atoms with Crippen molar-refractivity contribution in [2.75, 3.05) is 13.7 Å². The molecule has 1 unspecified atom stereocenters. The molecule has 0 aliphatic heterocycles. The number of nitrogens with two attached hydrogens (primary N) is 1. The van der Waals surface area contributed by atoms with E-state index in [2.05, 4.69) is 6.92 Å². The third-order valence-electron chi connectivity index (χ3n) is 2.84. The fourth-order valence-corrected chi connectivity index (χ4v) is 1.75. The Morgan fingerprint density at radius 1 is 1.38 bits per heavy atom. The first-order valence-electron chi connectivity index (χ1n) is 5.72. The monoisotopic (exact) mass is 225 g/mol. The third kappa shape index (κ3) is 3.49. The maximum atomic E-state index is 13.5. The molecule has 0 fully saturated rings. The molecule has 1 aromatic carbocycles. The third-order valence-corrected chi connectivity index (χ3v) is 2.84. The van der Waals surface area contributed by atoms with Crippen LogP contribution in [-0.4, -0.2) is 13.7 Å². The van der Waals surface area contributed by atoms with Crippen LogP contribution in [0.15, 0.2) is 18.2 Å². The summed E-state index contributed by atoms with van der Waals surface area (Å²) in [6.45, 7) is 2.83. The van der Waals surface area contributed by atoms with E-state index in [9.17, 15) is 4.39 Å². The molecule has 0 saturated heterocycles. The molecule has 0 amide bonds. The standard InChI is InChI=1S/C13H20FNO/c1-10(5-3-4-8-15)11-6-7-13(16-2)12(14)9-11/h6-7,9-10H,3-5,8,15H2,1-2H3. The van der Waals surface area contributed by atoms with Gasteiger partial charge in [-0.15, -0.1) is 0 Å². The molecule has 2 nitrogen and oxygen atoms in total. The highest BCUT2D eigenvalue weighted by Gasteiger charge is 2.09. The number of rotatable bonds is 6. The molecule has 2 N–H and O–H groups in total. The zero-order valence-electron chi connectivity index (χ0n) is 10.0. The summed E-state index contributed by atoms with van der Waals surface area (Å²) in [7, 11) is 1.47. The maximum absolute atomic E-state index is 13.5. The van der Waals surface area contributed by atoms with Crippen LogP contribution >= 0.6 is 0 Å². The van der Waals surface area contributed by atoms with Crippen molar-refractivity contribution >= 4 is 0 Å². The van der Waals surface area contributed by atoms with Crippen molar-refractivity contribution < 1.29 is 9.13 Å². The molecule has 0 radical (unpaired) electrons. The Morgan fingerprint density at radius 3 is 2.69 bits per heavy atom. The van der Waals surface area contributed by atoms with Gasteiger partial charge in [0.05, 0.1) is 7.11 Å². The van der Waals surface area contributed by atoms with Crippen molar-refractivity contribution in [1.29, 1.82) is 0 Å². The van der Waals surface area contributed by atoms with Crippen molar-refractivity contribution in [3.8, 4) is 5.75 Å². The molecule has 0 saturated carbocycles. The van der Waals surface area contributed by atoms with Crippen LogP contribution in [0, 0.1) is 5.82 Å². The summed E-state index contributed by atoms with van der Waals surface area (Å²) in [6.07, 6.45) is 3.16. The Bertz CT molecular complexity index is 328. The molecule has 0 aliphatic carbocycles. The molecule has 1 atom stereocenters. The van der Waals surface area contributed by atoms with Crippen LogP contribution in [0.25, 0.3) is 0 Å². The van der Waals surface area contributed by atoms with Gasteiger partial charge in [0.15, 0.2) is 11.6 Å². The van der Waals surface area contributed by atoms with Gasteiger partial charge in [0, 0.05) is 0 Å². The van der Waals surface area contributed by atoms with E-state index in [1.807, 2.05) is 6.07 Å². The second-order valence-electron chi connectivity index (χ2n) is 4.08. The summed E-state index contributed by atoms with van der Waals surface area (Å²) in [4.78, 5) is 0. The van der Waals surface area contributed by atoms with E-state index in [1.54, 1.807) is 12.1 Å². The molecular formula is C13H20FNO. The summed E-state index contributed by atoms with van der Waals surface area (Å²) < 4.78 is 18.3. The minimum absolute atomic E-state index is 0.286. The van der Waals surface area contributed by atoms with Gasteiger partial charge in [0.1, 0.15) is 0 Å². The van der Waals surface area contributed by atoms with E-state index >= 15 is 0 Å². The lowest BCUT2D eigenvalue weighted by Crippen LogP contribution is -2.00. The first-order chi connectivity index (χ1) is 7.69. The SMILES string of the molecule is COc1ccc(C(C)CCCCN)cc1F. The lowest BCUT2D eigenvalue weighted by molar-refractivity contribution is 0.386. The number of halogens is 1. The molecule has 0 aromatic heterocycles. The van der Waals surface area contributed by atoms with Gasteiger partial charge in [0.2, 0.25) is 0 Å². The Labute approximate surface area is 96.6 Å². The molecule has 90 valence electrons. The summed E-state index contributed by atoms with van der Waals surface area (Å²) in [6, 6.07) is 5.17. The van der Waals surface area contributed by atoms with E-state index in [-0.39, 0.29) is 5.82 Å². The molecule has 1 aromatic rings. The number of hydrogen-bond acceptors (Lipinski definition) is 2. The zero-order valence-corrected chi connectivity index (χ0v) is 10.0. The molecule has 3 heteroatoms. The minimum atomic E-state index is -0.286. The fourth-order valence-electron chi connectivity index (χ4n) is 1.75. The predicted molar refractivity (Wildman–Crippen MR) is 64.3 cm³/mol. The predicted octanol–water partition coefficient (Wildman–Crippen LogP) is 3.07. The fraction of sp³-hybridized carbons (Fsp3) is 0.538. The van der Waals surface area contributed by atoms with Gasteiger partial charge in [-0.05, 0) is 43.0 Å². The van der Waals surface area contributed by atoms with Crippen LogP contribution < -0.4 is 10.5 Å². The van der Waals surface area contributed by atoms with Crippen molar-refractivity contribution in [3.05, 3.63) is 29.6 Å². The Balaban J connectivity index is 2.62. The van der Waals surface area contributed by atoms with Gasteiger partial charge in [-0.25, -0.2) is 4.39 Å². The number of methoxy groups -OCH3 is 1. The molecular weight excluding hydrogens is 205 g/mol. The first kappa shape index (κ1) is 13.0. The molecule has 0 aliphatic rings. The molecule has 1 rings (SSSR count). The van der Waals surface area contributed by atoms with Crippen molar-refractivity contribution in [2.24, 2.45) is 5.73 Å². The van der Waals surface area contributed by atoms with Gasteiger partial charge < -0.3 is 10.5 Å². The van der Waals surface area contributed by atoms with Crippen molar-refractivity contribution in [3.63, 3.8) is 0 Å². The quantitative estimate of drug-likeness (QED) is 0.755. The number of ether oxygens (including phenoxy) is 1. The summed E-state index contributed by atoms with van der Waals surface area (Å²) in [5.74, 6) is 0.385. The average molecular weight is 225 g/mol. The van der Waals surface area contributed by atoms with Crippen molar-refractivity contribution in [1.82, 2.24) is 0 Å². The first-order valence-corrected chi connectivity index (χ1v) is 5.72. The van der Waals surface area contributed by atoms with Gasteiger partial charge in [0.25, 0.3) is 0 Å². The van der Waals surface area contributed by atoms with Crippen LogP contribution in [0.4, 0.5) is 4.39 Å². The Hall–Kier alpha value is -1.09. The zero-order chi connectivity index (χ0) is 12.0. The average Bonchev–Trinajstić information content (AvgIpc) is 2.29. The topological polar surface area (TPSA) is 35.2 Å². The van der Waals surface area contributed by atoms with E-state index in [0.717, 1.165) is 31.4 Å². The number of unbranched alkanes of at least 4 members (excludes halogenated alkanes) is 1. The maximum Gasteiger partial charge on any atom is 0.165 e. The number of benzene rings is 1. The largest absolute Gasteiger partial charge is 0.494 e. The van der Waals surface area contributed by atoms with Gasteiger partial charge in [-0.3, -0.25) is 0 Å². The van der Waals surface area contributed by atoms with Gasteiger partial charge >= 0.3 is 0 Å². The summed E-state index contributed by atoms with van der Waals surface area (Å²) in [5, 5.41) is 0. The number of hydrogen-bond donors (Lipinski definition) is 1. The van der Waals surface area contributed by atoms with Crippen LogP contribution in [-0.2, 0) is 0 Å².